The van der Waals surface area contributed by atoms with E-state index in [2.05, 4.69) is 50.5 Å². The van der Waals surface area contributed by atoms with Crippen molar-refractivity contribution in [3.8, 4) is 5.75 Å². The van der Waals surface area contributed by atoms with Crippen LogP contribution in [0, 0.1) is 0 Å². The van der Waals surface area contributed by atoms with E-state index in [1.807, 2.05) is 12.1 Å². The van der Waals surface area contributed by atoms with Crippen LogP contribution in [0.1, 0.15) is 11.1 Å². The number of methoxy groups -OCH3 is 1. The molecule has 0 aliphatic rings. The Morgan fingerprint density at radius 2 is 1.12 bits per heavy atom. The molecule has 142 valence electrons. The fourth-order valence-electron chi connectivity index (χ4n) is 1.94. The van der Waals surface area contributed by atoms with Gasteiger partial charge in [-0.05, 0) is 41.8 Å². The third kappa shape index (κ3) is 11.7. The Balaban J connectivity index is 0.000000381. The van der Waals surface area contributed by atoms with Crippen LogP contribution in [0.4, 0.5) is 22.6 Å². The molecule has 25 heavy (non-hydrogen) atoms. The maximum absolute atomic E-state index is 11.2. The van der Waals surface area contributed by atoms with Gasteiger partial charge < -0.3 is 9.64 Å². The van der Waals surface area contributed by atoms with Gasteiger partial charge >= 0.3 is 36.4 Å². The summed E-state index contributed by atoms with van der Waals surface area (Å²) in [4.78, 5) is 1.35. The molecule has 2 rings (SSSR count). The standard InChI is InChI=1S/C16H19NO.6FH.Sb/c1-17(2)15-8-4-13(5-9-15)12-14-6-10-16(18-3)11-7-14;;;;;;;/h4-11H,12H2,1-3H3;6*1H;/q;;;;;;;+5/p-5. The van der Waals surface area contributed by atoms with Crippen LogP contribution in [0.3, 0.4) is 0 Å². The van der Waals surface area contributed by atoms with E-state index < -0.39 is 19.5 Å². The summed E-state index contributed by atoms with van der Waals surface area (Å²) in [5.74, 6) is 0.908. The first-order chi connectivity index (χ1) is 11.1. The third-order valence-electron chi connectivity index (χ3n) is 3.10. The second-order valence-corrected chi connectivity index (χ2v) is 11.2. The van der Waals surface area contributed by atoms with Gasteiger partial charge in [0.25, 0.3) is 0 Å². The van der Waals surface area contributed by atoms with Gasteiger partial charge in [0, 0.05) is 0 Å². The third-order valence-corrected chi connectivity index (χ3v) is 3.10. The zero-order valence-corrected chi connectivity index (χ0v) is 16.5. The number of hydrogen-bond donors (Lipinski definition) is 1. The fraction of sp³-hybridized carbons (Fsp3) is 0.250. The molecule has 0 bridgehead atoms. The molecule has 0 atom stereocenters. The maximum atomic E-state index is 9.93. The van der Waals surface area contributed by atoms with Crippen molar-refractivity contribution < 1.29 is 26.5 Å². The molecule has 0 amide bonds. The summed E-state index contributed by atoms with van der Waals surface area (Å²) < 4.78 is 64.7. The van der Waals surface area contributed by atoms with Gasteiger partial charge in [-0.1, -0.05) is 24.3 Å². The van der Waals surface area contributed by atoms with Crippen LogP contribution in [0.15, 0.2) is 48.5 Å². The van der Waals surface area contributed by atoms with Gasteiger partial charge in [-0.3, -0.25) is 0 Å². The first-order valence-corrected chi connectivity index (χ1v) is 13.0. The molecule has 0 unspecified atom stereocenters. The normalized spacial score (nSPS) is 14.2. The van der Waals surface area contributed by atoms with E-state index >= 15 is 0 Å². The minimum absolute atomic E-state index is 0.908. The molecule has 0 heterocycles. The predicted octanol–water partition coefficient (Wildman–Crippen LogP) is 4.20. The number of ether oxygens (including phenoxy) is 1. The zero-order valence-electron chi connectivity index (χ0n) is 13.9. The number of hydrogen-bond acceptors (Lipinski definition) is 1. The summed E-state index contributed by atoms with van der Waals surface area (Å²) in [5.41, 5.74) is 3.96. The van der Waals surface area contributed by atoms with Crippen LogP contribution < -0.4 is 9.64 Å². The van der Waals surface area contributed by atoms with Crippen molar-refractivity contribution >= 4 is 25.2 Å². The zero-order chi connectivity index (χ0) is 19.4. The monoisotopic (exact) mass is 477 g/mol. The average molecular weight is 478 g/mol. The number of quaternary nitrogens is 1. The molecule has 0 spiro atoms. The van der Waals surface area contributed by atoms with Crippen LogP contribution in [0.5, 0.6) is 5.75 Å². The molecule has 0 radical (unpaired) electrons. The van der Waals surface area contributed by atoms with Crippen LogP contribution in [0.2, 0.25) is 0 Å². The Hall–Kier alpha value is -1.40. The van der Waals surface area contributed by atoms with E-state index in [1.54, 1.807) is 7.11 Å². The minimum atomic E-state index is -11.2. The van der Waals surface area contributed by atoms with Crippen LogP contribution in [-0.4, -0.2) is 40.7 Å². The molecule has 2 aromatic carbocycles. The van der Waals surface area contributed by atoms with Crippen molar-refractivity contribution in [2.45, 2.75) is 6.42 Å². The number of rotatable bonds is 4. The predicted molar refractivity (Wildman–Crippen MR) is 87.1 cm³/mol. The summed E-state index contributed by atoms with van der Waals surface area (Å²) >= 11 is -11.2. The van der Waals surface area contributed by atoms with Crippen LogP contribution in [-0.2, 0) is 6.42 Å². The Labute approximate surface area is 144 Å². The molecule has 2 nitrogen and oxygen atoms in total. The van der Waals surface area contributed by atoms with Crippen molar-refractivity contribution in [1.29, 1.82) is 0 Å². The Morgan fingerprint density at radius 1 is 0.760 bits per heavy atom. The average Bonchev–Trinajstić information content (AvgIpc) is 2.45. The van der Waals surface area contributed by atoms with Gasteiger partial charge in [-0.15, -0.1) is 0 Å². The topological polar surface area (TPSA) is 13.7 Å². The first-order valence-electron chi connectivity index (χ1n) is 7.23. The molecule has 0 saturated carbocycles. The molecular formula is C16H20F6NOSb. The van der Waals surface area contributed by atoms with Gasteiger partial charge in [0.05, 0.1) is 21.2 Å². The van der Waals surface area contributed by atoms with Gasteiger partial charge in [-0.25, -0.2) is 0 Å². The fourth-order valence-corrected chi connectivity index (χ4v) is 1.94. The molecule has 2 aromatic rings. The molecule has 1 N–H and O–H groups in total. The number of benzene rings is 2. The van der Waals surface area contributed by atoms with E-state index in [1.165, 1.54) is 21.7 Å². The number of halogens is 6. The van der Waals surface area contributed by atoms with Crippen LogP contribution >= 0.6 is 0 Å². The second-order valence-electron chi connectivity index (χ2n) is 5.68. The molecule has 9 heteroatoms. The van der Waals surface area contributed by atoms with Gasteiger partial charge in [0.15, 0.2) is 0 Å². The summed E-state index contributed by atoms with van der Waals surface area (Å²) in [7, 11) is 5.97. The molecule has 0 saturated heterocycles. The Morgan fingerprint density at radius 3 is 1.44 bits per heavy atom. The summed E-state index contributed by atoms with van der Waals surface area (Å²) in [6.45, 7) is 0. The van der Waals surface area contributed by atoms with Crippen molar-refractivity contribution in [3.05, 3.63) is 59.7 Å². The van der Waals surface area contributed by atoms with Crippen molar-refractivity contribution in [3.63, 3.8) is 0 Å². The van der Waals surface area contributed by atoms with E-state index in [0.29, 0.717) is 0 Å². The van der Waals surface area contributed by atoms with E-state index in [-0.39, 0.29) is 0 Å². The SMILES string of the molecule is COc1ccc(Cc2ccc([NH+](C)C)cc2)cc1.[F][Sb-]([F])([F])([F])([F])[F]. The number of nitrogens with one attached hydrogen (secondary N) is 1. The summed E-state index contributed by atoms with van der Waals surface area (Å²) in [5, 5.41) is 0. The second kappa shape index (κ2) is 7.08. The molecule has 0 aliphatic heterocycles. The van der Waals surface area contributed by atoms with E-state index in [9.17, 15) is 16.9 Å². The molecule has 0 aromatic heterocycles. The Bertz CT molecular complexity index is 670. The Kier molecular flexibility index (Phi) is 6.12. The van der Waals surface area contributed by atoms with Gasteiger partial charge in [0.1, 0.15) is 11.4 Å². The molecule has 0 aliphatic carbocycles. The summed E-state index contributed by atoms with van der Waals surface area (Å²) in [6, 6.07) is 17.0. The van der Waals surface area contributed by atoms with Gasteiger partial charge in [-0.2, -0.15) is 0 Å². The summed E-state index contributed by atoms with van der Waals surface area (Å²) in [6.07, 6.45) is 0.965. The van der Waals surface area contributed by atoms with E-state index in [0.717, 1.165) is 12.2 Å². The van der Waals surface area contributed by atoms with E-state index in [4.69, 9.17) is 4.74 Å². The van der Waals surface area contributed by atoms with Crippen molar-refractivity contribution in [2.24, 2.45) is 0 Å². The molecular weight excluding hydrogens is 458 g/mol. The van der Waals surface area contributed by atoms with Gasteiger partial charge in [0.2, 0.25) is 0 Å². The van der Waals surface area contributed by atoms with Crippen LogP contribution in [0.25, 0.3) is 0 Å². The molecule has 0 fully saturated rings. The van der Waals surface area contributed by atoms with Crippen molar-refractivity contribution in [1.82, 2.24) is 0 Å². The van der Waals surface area contributed by atoms with Crippen molar-refractivity contribution in [2.75, 3.05) is 21.2 Å². The first kappa shape index (κ1) is 21.6. The quantitative estimate of drug-likeness (QED) is 0.514.